The van der Waals surface area contributed by atoms with Gasteiger partial charge in [0.15, 0.2) is 12.2 Å². The molecule has 25 heavy (non-hydrogen) atoms. The molecule has 5 nitrogen and oxygen atoms in total. The number of para-hydroxylation sites is 1. The summed E-state index contributed by atoms with van der Waals surface area (Å²) in [5, 5.41) is 10.8. The molecule has 1 aliphatic heterocycles. The van der Waals surface area contributed by atoms with Crippen molar-refractivity contribution >= 4 is 29.3 Å². The van der Waals surface area contributed by atoms with E-state index < -0.39 is 11.6 Å². The summed E-state index contributed by atoms with van der Waals surface area (Å²) >= 11 is 1.76. The van der Waals surface area contributed by atoms with Crippen LogP contribution < -0.4 is 4.90 Å². The predicted molar refractivity (Wildman–Crippen MR) is 97.7 cm³/mol. The van der Waals surface area contributed by atoms with Crippen molar-refractivity contribution in [3.05, 3.63) is 24.3 Å². The first-order valence-electron chi connectivity index (χ1n) is 8.95. The lowest BCUT2D eigenvalue weighted by molar-refractivity contribution is -0.170. The second kappa shape index (κ2) is 7.79. The maximum Gasteiger partial charge on any atom is 0.338 e. The van der Waals surface area contributed by atoms with Gasteiger partial charge in [-0.05, 0) is 44.2 Å². The lowest BCUT2D eigenvalue weighted by atomic mass is 9.85. The Kier molecular flexibility index (Phi) is 5.69. The van der Waals surface area contributed by atoms with Gasteiger partial charge in [-0.3, -0.25) is 4.79 Å². The molecule has 1 atom stereocenters. The van der Waals surface area contributed by atoms with Crippen LogP contribution in [0.3, 0.4) is 0 Å². The minimum atomic E-state index is -1.42. The maximum atomic E-state index is 12.7. The van der Waals surface area contributed by atoms with E-state index in [4.69, 9.17) is 4.74 Å². The highest BCUT2D eigenvalue weighted by atomic mass is 32.2. The fourth-order valence-corrected chi connectivity index (χ4v) is 4.54. The maximum absolute atomic E-state index is 12.7. The van der Waals surface area contributed by atoms with Crippen molar-refractivity contribution < 1.29 is 19.4 Å². The first kappa shape index (κ1) is 18.3. The van der Waals surface area contributed by atoms with Gasteiger partial charge in [-0.15, -0.1) is 11.8 Å². The number of amides is 1. The highest BCUT2D eigenvalue weighted by molar-refractivity contribution is 8.00. The summed E-state index contributed by atoms with van der Waals surface area (Å²) in [4.78, 5) is 27.7. The SMILES string of the molecule is CC1CCN(C(=O)COC(=O)C2(O)CCCCC2)c2ccccc2S1. The molecule has 0 bridgehead atoms. The van der Waals surface area contributed by atoms with Gasteiger partial charge < -0.3 is 14.7 Å². The highest BCUT2D eigenvalue weighted by Gasteiger charge is 2.39. The number of hydrogen-bond acceptors (Lipinski definition) is 5. The molecule has 2 aliphatic rings. The number of anilines is 1. The Labute approximate surface area is 152 Å². The average Bonchev–Trinajstić information content (AvgIpc) is 2.78. The summed E-state index contributed by atoms with van der Waals surface area (Å²) in [7, 11) is 0. The van der Waals surface area contributed by atoms with Gasteiger partial charge in [-0.1, -0.05) is 25.5 Å². The number of rotatable bonds is 3. The van der Waals surface area contributed by atoms with Crippen LogP contribution in [0.25, 0.3) is 0 Å². The van der Waals surface area contributed by atoms with Crippen LogP contribution in [-0.2, 0) is 14.3 Å². The predicted octanol–water partition coefficient (Wildman–Crippen LogP) is 3.14. The summed E-state index contributed by atoms with van der Waals surface area (Å²) in [5.74, 6) is -0.902. The largest absolute Gasteiger partial charge is 0.453 e. The fraction of sp³-hybridized carbons (Fsp3) is 0.579. The lowest BCUT2D eigenvalue weighted by Gasteiger charge is -2.30. The van der Waals surface area contributed by atoms with Gasteiger partial charge in [0.1, 0.15) is 0 Å². The molecule has 1 aromatic carbocycles. The van der Waals surface area contributed by atoms with Crippen molar-refractivity contribution in [1.82, 2.24) is 0 Å². The highest BCUT2D eigenvalue weighted by Crippen LogP contribution is 2.37. The van der Waals surface area contributed by atoms with Crippen LogP contribution in [0, 0.1) is 0 Å². The molecular formula is C19H25NO4S. The van der Waals surface area contributed by atoms with Crippen LogP contribution in [0.5, 0.6) is 0 Å². The van der Waals surface area contributed by atoms with Crippen molar-refractivity contribution in [1.29, 1.82) is 0 Å². The molecule has 1 unspecified atom stereocenters. The summed E-state index contributed by atoms with van der Waals surface area (Å²) in [6.07, 6.45) is 4.36. The summed E-state index contributed by atoms with van der Waals surface area (Å²) in [6, 6.07) is 7.81. The molecule has 1 fully saturated rings. The van der Waals surface area contributed by atoms with Crippen molar-refractivity contribution in [3.8, 4) is 0 Å². The van der Waals surface area contributed by atoms with E-state index in [9.17, 15) is 14.7 Å². The first-order valence-corrected chi connectivity index (χ1v) is 9.83. The average molecular weight is 363 g/mol. The minimum absolute atomic E-state index is 0.241. The lowest BCUT2D eigenvalue weighted by Crippen LogP contribution is -2.44. The Hall–Kier alpha value is -1.53. The molecule has 1 saturated carbocycles. The second-order valence-corrected chi connectivity index (χ2v) is 8.38. The van der Waals surface area contributed by atoms with Crippen molar-refractivity contribution in [3.63, 3.8) is 0 Å². The molecule has 1 aliphatic carbocycles. The fourth-order valence-electron chi connectivity index (χ4n) is 3.43. The van der Waals surface area contributed by atoms with Crippen LogP contribution in [-0.4, -0.2) is 41.0 Å². The van der Waals surface area contributed by atoms with Crippen molar-refractivity contribution in [2.45, 2.75) is 61.2 Å². The summed E-state index contributed by atoms with van der Waals surface area (Å²) in [6.45, 7) is 2.42. The van der Waals surface area contributed by atoms with Crippen LogP contribution in [0.1, 0.15) is 45.4 Å². The Morgan fingerprint density at radius 1 is 1.28 bits per heavy atom. The number of hydrogen-bond donors (Lipinski definition) is 1. The van der Waals surface area contributed by atoms with Crippen LogP contribution in [0.15, 0.2) is 29.2 Å². The number of aliphatic hydroxyl groups is 1. The molecule has 0 aromatic heterocycles. The van der Waals surface area contributed by atoms with E-state index in [0.717, 1.165) is 36.3 Å². The molecule has 3 rings (SSSR count). The summed E-state index contributed by atoms with van der Waals surface area (Å²) in [5.41, 5.74) is -0.547. The van der Waals surface area contributed by atoms with Gasteiger partial charge in [0.25, 0.3) is 5.91 Å². The summed E-state index contributed by atoms with van der Waals surface area (Å²) < 4.78 is 5.20. The van der Waals surface area contributed by atoms with E-state index in [-0.39, 0.29) is 12.5 Å². The molecule has 1 N–H and O–H groups in total. The van der Waals surface area contributed by atoms with Crippen molar-refractivity contribution in [2.75, 3.05) is 18.1 Å². The second-order valence-electron chi connectivity index (χ2n) is 6.90. The van der Waals surface area contributed by atoms with Gasteiger partial charge in [0.05, 0.1) is 5.69 Å². The van der Waals surface area contributed by atoms with Gasteiger partial charge in [-0.25, -0.2) is 4.79 Å². The molecule has 1 heterocycles. The van der Waals surface area contributed by atoms with E-state index in [0.29, 0.717) is 24.6 Å². The number of benzene rings is 1. The third-order valence-corrected chi connectivity index (χ3v) is 6.17. The van der Waals surface area contributed by atoms with Gasteiger partial charge in [-0.2, -0.15) is 0 Å². The molecule has 136 valence electrons. The number of ether oxygens (including phenoxy) is 1. The number of thioether (sulfide) groups is 1. The third-order valence-electron chi connectivity index (χ3n) is 4.93. The Morgan fingerprint density at radius 3 is 2.76 bits per heavy atom. The molecule has 0 saturated heterocycles. The number of nitrogens with zero attached hydrogens (tertiary/aromatic N) is 1. The van der Waals surface area contributed by atoms with Gasteiger partial charge in [0.2, 0.25) is 0 Å². The number of esters is 1. The number of carbonyl (C=O) groups is 2. The molecule has 6 heteroatoms. The Balaban J connectivity index is 1.66. The standard InChI is InChI=1S/C19H25NO4S/c1-14-9-12-20(15-7-3-4-8-16(15)25-14)17(21)13-24-18(22)19(23)10-5-2-6-11-19/h3-4,7-8,14,23H,2,5-6,9-13H2,1H3. The normalized spacial score (nSPS) is 22.6. The zero-order valence-corrected chi connectivity index (χ0v) is 15.4. The van der Waals surface area contributed by atoms with Crippen LogP contribution >= 0.6 is 11.8 Å². The van der Waals surface area contributed by atoms with E-state index in [2.05, 4.69) is 6.92 Å². The molecule has 0 spiro atoms. The third kappa shape index (κ3) is 4.18. The quantitative estimate of drug-likeness (QED) is 0.836. The number of fused-ring (bicyclic) bond motifs is 1. The van der Waals surface area contributed by atoms with Crippen LogP contribution in [0.4, 0.5) is 5.69 Å². The minimum Gasteiger partial charge on any atom is -0.453 e. The van der Waals surface area contributed by atoms with E-state index in [1.807, 2.05) is 24.3 Å². The topological polar surface area (TPSA) is 66.8 Å². The van der Waals surface area contributed by atoms with Crippen molar-refractivity contribution in [2.24, 2.45) is 0 Å². The number of carbonyl (C=O) groups excluding carboxylic acids is 2. The molecule has 0 radical (unpaired) electrons. The molecular weight excluding hydrogens is 338 g/mol. The van der Waals surface area contributed by atoms with E-state index in [1.54, 1.807) is 16.7 Å². The Bertz CT molecular complexity index is 642. The van der Waals surface area contributed by atoms with Gasteiger partial charge in [0, 0.05) is 16.7 Å². The smallest absolute Gasteiger partial charge is 0.338 e. The van der Waals surface area contributed by atoms with Crippen LogP contribution in [0.2, 0.25) is 0 Å². The first-order chi connectivity index (χ1) is 12.0. The zero-order valence-electron chi connectivity index (χ0n) is 14.6. The van der Waals surface area contributed by atoms with E-state index in [1.165, 1.54) is 0 Å². The Morgan fingerprint density at radius 2 is 2.00 bits per heavy atom. The van der Waals surface area contributed by atoms with Gasteiger partial charge >= 0.3 is 5.97 Å². The zero-order chi connectivity index (χ0) is 17.9. The molecule has 1 aromatic rings. The molecule has 1 amide bonds. The van der Waals surface area contributed by atoms with E-state index >= 15 is 0 Å². The monoisotopic (exact) mass is 363 g/mol.